The predicted octanol–water partition coefficient (Wildman–Crippen LogP) is 1.52. The molecule has 2 unspecified atom stereocenters. The fourth-order valence-electron chi connectivity index (χ4n) is 2.23. The van der Waals surface area contributed by atoms with Gasteiger partial charge in [-0.15, -0.1) is 0 Å². The Hall–Kier alpha value is -1.40. The third-order valence-electron chi connectivity index (χ3n) is 3.30. The van der Waals surface area contributed by atoms with E-state index in [0.29, 0.717) is 6.54 Å². The second-order valence-electron chi connectivity index (χ2n) is 4.44. The maximum atomic E-state index is 12.3. The van der Waals surface area contributed by atoms with Gasteiger partial charge in [-0.1, -0.05) is 6.92 Å². The Balaban J connectivity index is 2.11. The zero-order valence-electron chi connectivity index (χ0n) is 11.1. The molecule has 0 saturated carbocycles. The van der Waals surface area contributed by atoms with Crippen LogP contribution in [-0.2, 0) is 14.3 Å². The SMILES string of the molecule is CCC1NC(c2ccsc2)N(CCC(=O)OC)C1=O. The van der Waals surface area contributed by atoms with Crippen LogP contribution in [0.1, 0.15) is 31.5 Å². The van der Waals surface area contributed by atoms with Gasteiger partial charge in [-0.3, -0.25) is 14.9 Å². The van der Waals surface area contributed by atoms with Gasteiger partial charge in [0.2, 0.25) is 5.91 Å². The first-order valence-corrected chi connectivity index (χ1v) is 7.27. The number of esters is 1. The third-order valence-corrected chi connectivity index (χ3v) is 4.01. The number of hydrogen-bond acceptors (Lipinski definition) is 5. The third kappa shape index (κ3) is 2.96. The molecule has 1 aromatic heterocycles. The first kappa shape index (κ1) is 14.0. The van der Waals surface area contributed by atoms with Crippen LogP contribution >= 0.6 is 11.3 Å². The van der Waals surface area contributed by atoms with Gasteiger partial charge in [-0.2, -0.15) is 11.3 Å². The lowest BCUT2D eigenvalue weighted by molar-refractivity contribution is -0.141. The van der Waals surface area contributed by atoms with E-state index in [1.54, 1.807) is 16.2 Å². The topological polar surface area (TPSA) is 58.6 Å². The molecule has 1 fully saturated rings. The molecule has 0 bridgehead atoms. The summed E-state index contributed by atoms with van der Waals surface area (Å²) in [5.41, 5.74) is 1.07. The highest BCUT2D eigenvalue weighted by Gasteiger charge is 2.38. The molecule has 1 aliphatic rings. The first-order valence-electron chi connectivity index (χ1n) is 6.32. The molecule has 1 saturated heterocycles. The van der Waals surface area contributed by atoms with E-state index in [4.69, 9.17) is 0 Å². The Morgan fingerprint density at radius 1 is 1.58 bits per heavy atom. The van der Waals surface area contributed by atoms with Crippen molar-refractivity contribution in [3.8, 4) is 0 Å². The summed E-state index contributed by atoms with van der Waals surface area (Å²) in [6.45, 7) is 2.36. The number of amides is 1. The minimum absolute atomic E-state index is 0.0580. The van der Waals surface area contributed by atoms with Crippen LogP contribution in [0.4, 0.5) is 0 Å². The molecule has 0 aliphatic carbocycles. The Bertz CT molecular complexity index is 447. The molecule has 1 amide bonds. The van der Waals surface area contributed by atoms with Crippen LogP contribution < -0.4 is 5.32 Å². The first-order chi connectivity index (χ1) is 9.17. The van der Waals surface area contributed by atoms with Crippen LogP contribution in [0.15, 0.2) is 16.8 Å². The van der Waals surface area contributed by atoms with Gasteiger partial charge < -0.3 is 9.64 Å². The van der Waals surface area contributed by atoms with E-state index in [0.717, 1.165) is 12.0 Å². The molecule has 1 aromatic rings. The minimum Gasteiger partial charge on any atom is -0.469 e. The molecule has 6 heteroatoms. The van der Waals surface area contributed by atoms with E-state index in [1.165, 1.54) is 7.11 Å². The second-order valence-corrected chi connectivity index (χ2v) is 5.22. The highest BCUT2D eigenvalue weighted by molar-refractivity contribution is 7.07. The Labute approximate surface area is 116 Å². The largest absolute Gasteiger partial charge is 0.469 e. The number of methoxy groups -OCH3 is 1. The lowest BCUT2D eigenvalue weighted by Crippen LogP contribution is -2.33. The maximum absolute atomic E-state index is 12.3. The highest BCUT2D eigenvalue weighted by Crippen LogP contribution is 2.28. The number of ether oxygens (including phenoxy) is 1. The summed E-state index contributed by atoms with van der Waals surface area (Å²) < 4.78 is 4.63. The van der Waals surface area contributed by atoms with Crippen molar-refractivity contribution in [1.82, 2.24) is 10.2 Å². The van der Waals surface area contributed by atoms with Crippen molar-refractivity contribution in [2.75, 3.05) is 13.7 Å². The molecular formula is C13H18N2O3S. The monoisotopic (exact) mass is 282 g/mol. The van der Waals surface area contributed by atoms with Gasteiger partial charge in [0.25, 0.3) is 0 Å². The number of carbonyl (C=O) groups excluding carboxylic acids is 2. The molecule has 1 N–H and O–H groups in total. The Morgan fingerprint density at radius 2 is 2.37 bits per heavy atom. The Morgan fingerprint density at radius 3 is 2.95 bits per heavy atom. The van der Waals surface area contributed by atoms with Crippen LogP contribution in [0.2, 0.25) is 0 Å². The molecule has 5 nitrogen and oxygen atoms in total. The number of rotatable bonds is 5. The molecule has 0 spiro atoms. The standard InChI is InChI=1S/C13H18N2O3S/c1-3-10-13(17)15(6-4-11(16)18-2)12(14-10)9-5-7-19-8-9/h5,7-8,10,12,14H,3-4,6H2,1-2H3. The van der Waals surface area contributed by atoms with Gasteiger partial charge in [0, 0.05) is 6.54 Å². The molecule has 2 heterocycles. The van der Waals surface area contributed by atoms with Gasteiger partial charge in [-0.25, -0.2) is 0 Å². The molecular weight excluding hydrogens is 264 g/mol. The smallest absolute Gasteiger partial charge is 0.307 e. The van der Waals surface area contributed by atoms with Crippen molar-refractivity contribution in [3.05, 3.63) is 22.4 Å². The number of thiophene rings is 1. The van der Waals surface area contributed by atoms with Gasteiger partial charge in [0.1, 0.15) is 6.17 Å². The summed E-state index contributed by atoms with van der Waals surface area (Å²) in [5.74, 6) is -0.237. The molecule has 2 rings (SSSR count). The summed E-state index contributed by atoms with van der Waals surface area (Å²) in [7, 11) is 1.36. The van der Waals surface area contributed by atoms with Crippen molar-refractivity contribution in [1.29, 1.82) is 0 Å². The average molecular weight is 282 g/mol. The van der Waals surface area contributed by atoms with E-state index >= 15 is 0 Å². The normalized spacial score (nSPS) is 22.8. The number of carbonyl (C=O) groups is 2. The van der Waals surface area contributed by atoms with Crippen LogP contribution in [0.5, 0.6) is 0 Å². The summed E-state index contributed by atoms with van der Waals surface area (Å²) in [6.07, 6.45) is 0.836. The zero-order chi connectivity index (χ0) is 13.8. The fourth-order valence-corrected chi connectivity index (χ4v) is 2.91. The van der Waals surface area contributed by atoms with Gasteiger partial charge >= 0.3 is 5.97 Å². The highest BCUT2D eigenvalue weighted by atomic mass is 32.1. The Kier molecular flexibility index (Phi) is 4.55. The van der Waals surface area contributed by atoms with Crippen molar-refractivity contribution >= 4 is 23.2 Å². The van der Waals surface area contributed by atoms with Gasteiger partial charge in [0.05, 0.1) is 19.6 Å². The lowest BCUT2D eigenvalue weighted by atomic mass is 10.2. The summed E-state index contributed by atoms with van der Waals surface area (Å²) in [6, 6.07) is 1.83. The van der Waals surface area contributed by atoms with Gasteiger partial charge in [-0.05, 0) is 28.8 Å². The molecule has 2 atom stereocenters. The molecule has 1 aliphatic heterocycles. The van der Waals surface area contributed by atoms with Crippen LogP contribution in [0.3, 0.4) is 0 Å². The van der Waals surface area contributed by atoms with Gasteiger partial charge in [0.15, 0.2) is 0 Å². The van der Waals surface area contributed by atoms with E-state index in [2.05, 4.69) is 10.1 Å². The number of nitrogens with one attached hydrogen (secondary N) is 1. The van der Waals surface area contributed by atoms with Crippen molar-refractivity contribution < 1.29 is 14.3 Å². The fraction of sp³-hybridized carbons (Fsp3) is 0.538. The van der Waals surface area contributed by atoms with E-state index in [1.807, 2.05) is 23.8 Å². The van der Waals surface area contributed by atoms with Crippen LogP contribution in [-0.4, -0.2) is 36.5 Å². The van der Waals surface area contributed by atoms with E-state index < -0.39 is 0 Å². The zero-order valence-corrected chi connectivity index (χ0v) is 11.9. The quantitative estimate of drug-likeness (QED) is 0.832. The summed E-state index contributed by atoms with van der Waals surface area (Å²) in [5, 5.41) is 7.32. The summed E-state index contributed by atoms with van der Waals surface area (Å²) >= 11 is 1.60. The maximum Gasteiger partial charge on any atom is 0.307 e. The number of hydrogen-bond donors (Lipinski definition) is 1. The van der Waals surface area contributed by atoms with Crippen LogP contribution in [0, 0.1) is 0 Å². The molecule has 0 radical (unpaired) electrons. The average Bonchev–Trinajstić information content (AvgIpc) is 3.04. The summed E-state index contributed by atoms with van der Waals surface area (Å²) in [4.78, 5) is 25.2. The van der Waals surface area contributed by atoms with E-state index in [-0.39, 0.29) is 30.5 Å². The minimum atomic E-state index is -0.295. The van der Waals surface area contributed by atoms with Crippen molar-refractivity contribution in [3.63, 3.8) is 0 Å². The van der Waals surface area contributed by atoms with E-state index in [9.17, 15) is 9.59 Å². The van der Waals surface area contributed by atoms with Crippen molar-refractivity contribution in [2.24, 2.45) is 0 Å². The van der Waals surface area contributed by atoms with Crippen LogP contribution in [0.25, 0.3) is 0 Å². The molecule has 19 heavy (non-hydrogen) atoms. The number of nitrogens with zero attached hydrogens (tertiary/aromatic N) is 1. The molecule has 104 valence electrons. The predicted molar refractivity (Wildman–Crippen MR) is 72.6 cm³/mol. The lowest BCUT2D eigenvalue weighted by Gasteiger charge is -2.23. The van der Waals surface area contributed by atoms with Crippen molar-refractivity contribution in [2.45, 2.75) is 32.0 Å². The second kappa shape index (κ2) is 6.16. The molecule has 0 aromatic carbocycles.